The maximum Gasteiger partial charge on any atom is 0.243 e. The molecule has 0 saturated carbocycles. The first kappa shape index (κ1) is 23.1. The third kappa shape index (κ3) is 4.84. The van der Waals surface area contributed by atoms with Crippen LogP contribution in [0.15, 0.2) is 28.3 Å². The van der Waals surface area contributed by atoms with E-state index in [0.717, 1.165) is 56.0 Å². The van der Waals surface area contributed by atoms with Crippen LogP contribution >= 0.6 is 11.8 Å². The number of benzene rings is 1. The van der Waals surface area contributed by atoms with Gasteiger partial charge in [0, 0.05) is 32.7 Å². The smallest absolute Gasteiger partial charge is 0.243 e. The van der Waals surface area contributed by atoms with Crippen molar-refractivity contribution in [3.8, 4) is 0 Å². The van der Waals surface area contributed by atoms with Gasteiger partial charge in [0.05, 0.1) is 21.7 Å². The Bertz CT molecular complexity index is 978. The summed E-state index contributed by atoms with van der Waals surface area (Å²) in [6, 6.07) is 5.18. The molecule has 1 aliphatic heterocycles. The van der Waals surface area contributed by atoms with Crippen LogP contribution in [0.1, 0.15) is 46.5 Å². The molecule has 30 heavy (non-hydrogen) atoms. The van der Waals surface area contributed by atoms with Crippen molar-refractivity contribution in [2.75, 3.05) is 31.9 Å². The average Bonchev–Trinajstić information content (AvgIpc) is 3.38. The second-order valence-corrected chi connectivity index (χ2v) is 10.4. The molecule has 1 aromatic heterocycles. The Kier molecular flexibility index (Phi) is 7.81. The zero-order valence-corrected chi connectivity index (χ0v) is 19.8. The summed E-state index contributed by atoms with van der Waals surface area (Å²) in [4.78, 5) is 19.4. The van der Waals surface area contributed by atoms with Crippen molar-refractivity contribution in [3.63, 3.8) is 0 Å². The van der Waals surface area contributed by atoms with Crippen LogP contribution in [-0.4, -0.2) is 65.0 Å². The summed E-state index contributed by atoms with van der Waals surface area (Å²) in [5.74, 6) is 0.511. The molecule has 0 bridgehead atoms. The van der Waals surface area contributed by atoms with E-state index in [1.807, 2.05) is 24.8 Å². The van der Waals surface area contributed by atoms with Crippen molar-refractivity contribution < 1.29 is 13.2 Å². The number of sulfonamides is 1. The number of fused-ring (bicyclic) bond motifs is 1. The number of carbonyl (C=O) groups excluding carboxylic acids is 1. The van der Waals surface area contributed by atoms with Crippen molar-refractivity contribution in [3.05, 3.63) is 18.2 Å². The number of carbonyl (C=O) groups is 1. The Labute approximate surface area is 183 Å². The Hall–Kier alpha value is -1.58. The molecule has 0 spiro atoms. The molecule has 1 saturated heterocycles. The van der Waals surface area contributed by atoms with E-state index in [0.29, 0.717) is 24.4 Å². The normalized spacial score (nSPS) is 14.9. The van der Waals surface area contributed by atoms with Crippen LogP contribution in [0.3, 0.4) is 0 Å². The minimum Gasteiger partial charge on any atom is -0.342 e. The van der Waals surface area contributed by atoms with E-state index in [1.54, 1.807) is 12.1 Å². The summed E-state index contributed by atoms with van der Waals surface area (Å²) in [5, 5.41) is 0.781. The number of nitrogens with zero attached hydrogens (tertiary/aromatic N) is 4. The van der Waals surface area contributed by atoms with Gasteiger partial charge in [0.15, 0.2) is 5.16 Å². The zero-order chi connectivity index (χ0) is 21.7. The molecule has 0 radical (unpaired) electrons. The number of hydrogen-bond acceptors (Lipinski definition) is 5. The predicted molar refractivity (Wildman–Crippen MR) is 121 cm³/mol. The van der Waals surface area contributed by atoms with Gasteiger partial charge >= 0.3 is 0 Å². The molecule has 3 rings (SSSR count). The summed E-state index contributed by atoms with van der Waals surface area (Å²) >= 11 is 1.45. The fourth-order valence-corrected chi connectivity index (χ4v) is 6.21. The quantitative estimate of drug-likeness (QED) is 0.515. The van der Waals surface area contributed by atoms with Crippen LogP contribution in [0, 0.1) is 0 Å². The average molecular weight is 453 g/mol. The summed E-state index contributed by atoms with van der Waals surface area (Å²) in [6.45, 7) is 9.17. The second kappa shape index (κ2) is 10.2. The van der Waals surface area contributed by atoms with Crippen molar-refractivity contribution in [1.29, 1.82) is 0 Å². The Morgan fingerprint density at radius 3 is 2.50 bits per heavy atom. The van der Waals surface area contributed by atoms with Gasteiger partial charge in [-0.2, -0.15) is 4.31 Å². The lowest BCUT2D eigenvalue weighted by Crippen LogP contribution is -2.30. The standard InChI is InChI=1S/C21H32N4O3S2/c1-4-7-14-25-19-11-10-17(30(27,28)24(5-2)6-3)15-18(19)22-21(25)29-16-20(26)23-12-8-9-13-23/h10-11,15H,4-9,12-14,16H2,1-3H3. The van der Waals surface area contributed by atoms with Gasteiger partial charge < -0.3 is 9.47 Å². The molecule has 2 heterocycles. The summed E-state index contributed by atoms with van der Waals surface area (Å²) in [5.41, 5.74) is 1.58. The van der Waals surface area contributed by atoms with E-state index in [9.17, 15) is 13.2 Å². The summed E-state index contributed by atoms with van der Waals surface area (Å²) in [6.07, 6.45) is 4.20. The van der Waals surface area contributed by atoms with Crippen LogP contribution in [0.2, 0.25) is 0 Å². The highest BCUT2D eigenvalue weighted by atomic mass is 32.2. The van der Waals surface area contributed by atoms with Crippen LogP contribution in [0.4, 0.5) is 0 Å². The topological polar surface area (TPSA) is 75.5 Å². The number of imidazole rings is 1. The van der Waals surface area contributed by atoms with E-state index < -0.39 is 10.0 Å². The maximum atomic E-state index is 12.9. The largest absolute Gasteiger partial charge is 0.342 e. The third-order valence-electron chi connectivity index (χ3n) is 5.55. The van der Waals surface area contributed by atoms with Crippen molar-refractivity contribution in [2.24, 2.45) is 0 Å². The molecule has 0 atom stereocenters. The molecule has 166 valence electrons. The van der Waals surface area contributed by atoms with Crippen LogP contribution in [-0.2, 0) is 21.4 Å². The number of thioether (sulfide) groups is 1. The fraction of sp³-hybridized carbons (Fsp3) is 0.619. The zero-order valence-electron chi connectivity index (χ0n) is 18.1. The highest BCUT2D eigenvalue weighted by molar-refractivity contribution is 7.99. The highest BCUT2D eigenvalue weighted by Gasteiger charge is 2.24. The monoisotopic (exact) mass is 452 g/mol. The van der Waals surface area contributed by atoms with Crippen LogP contribution < -0.4 is 0 Å². The molecule has 1 fully saturated rings. The number of hydrogen-bond donors (Lipinski definition) is 0. The maximum absolute atomic E-state index is 12.9. The van der Waals surface area contributed by atoms with Gasteiger partial charge in [0.2, 0.25) is 15.9 Å². The predicted octanol–water partition coefficient (Wildman–Crippen LogP) is 3.58. The minimum absolute atomic E-state index is 0.149. The third-order valence-corrected chi connectivity index (χ3v) is 8.55. The van der Waals surface area contributed by atoms with Gasteiger partial charge in [-0.3, -0.25) is 4.79 Å². The van der Waals surface area contributed by atoms with Crippen LogP contribution in [0.5, 0.6) is 0 Å². The molecule has 0 aliphatic carbocycles. The lowest BCUT2D eigenvalue weighted by atomic mass is 10.3. The molecule has 1 aromatic carbocycles. The molecule has 1 aliphatic rings. The first-order valence-electron chi connectivity index (χ1n) is 10.8. The van der Waals surface area contributed by atoms with Gasteiger partial charge in [-0.25, -0.2) is 13.4 Å². The molecule has 9 heteroatoms. The first-order valence-corrected chi connectivity index (χ1v) is 13.3. The number of amides is 1. The molecule has 0 unspecified atom stereocenters. The second-order valence-electron chi connectivity index (χ2n) is 7.52. The highest BCUT2D eigenvalue weighted by Crippen LogP contribution is 2.28. The molecule has 0 N–H and O–H groups in total. The number of aromatic nitrogens is 2. The summed E-state index contributed by atoms with van der Waals surface area (Å²) < 4.78 is 29.4. The van der Waals surface area contributed by atoms with Gasteiger partial charge in [0.25, 0.3) is 0 Å². The Morgan fingerprint density at radius 2 is 1.87 bits per heavy atom. The Morgan fingerprint density at radius 1 is 1.17 bits per heavy atom. The molecule has 2 aromatic rings. The first-order chi connectivity index (χ1) is 14.4. The van der Waals surface area contributed by atoms with Gasteiger partial charge in [0.1, 0.15) is 0 Å². The van der Waals surface area contributed by atoms with Crippen molar-refractivity contribution >= 4 is 38.7 Å². The van der Waals surface area contributed by atoms with E-state index in [-0.39, 0.29) is 10.8 Å². The Balaban J connectivity index is 1.90. The van der Waals surface area contributed by atoms with Crippen molar-refractivity contribution in [2.45, 2.75) is 63.1 Å². The molecule has 1 amide bonds. The summed E-state index contributed by atoms with van der Waals surface area (Å²) in [7, 11) is -3.53. The lowest BCUT2D eigenvalue weighted by molar-refractivity contribution is -0.127. The number of likely N-dealkylation sites (tertiary alicyclic amines) is 1. The van der Waals surface area contributed by atoms with Crippen LogP contribution in [0.25, 0.3) is 11.0 Å². The van der Waals surface area contributed by atoms with E-state index in [1.165, 1.54) is 16.1 Å². The van der Waals surface area contributed by atoms with Gasteiger partial charge in [-0.15, -0.1) is 0 Å². The van der Waals surface area contributed by atoms with Crippen molar-refractivity contribution in [1.82, 2.24) is 18.8 Å². The fourth-order valence-electron chi connectivity index (χ4n) is 3.79. The molecular formula is C21H32N4O3S2. The van der Waals surface area contributed by atoms with Gasteiger partial charge in [-0.05, 0) is 37.5 Å². The molecular weight excluding hydrogens is 420 g/mol. The number of rotatable bonds is 10. The van der Waals surface area contributed by atoms with E-state index in [2.05, 4.69) is 11.5 Å². The number of unbranched alkanes of at least 4 members (excludes halogenated alkanes) is 1. The van der Waals surface area contributed by atoms with Gasteiger partial charge in [-0.1, -0.05) is 39.0 Å². The lowest BCUT2D eigenvalue weighted by Gasteiger charge is -2.18. The SMILES string of the molecule is CCCCn1c(SCC(=O)N2CCCC2)nc2cc(S(=O)(=O)N(CC)CC)ccc21. The number of aryl methyl sites for hydroxylation is 1. The van der Waals surface area contributed by atoms with E-state index in [4.69, 9.17) is 4.98 Å². The minimum atomic E-state index is -3.53. The van der Waals surface area contributed by atoms with E-state index >= 15 is 0 Å². The molecule has 7 nitrogen and oxygen atoms in total.